The molecule has 0 radical (unpaired) electrons. The minimum atomic E-state index is -0.0117. The summed E-state index contributed by atoms with van der Waals surface area (Å²) in [5.41, 5.74) is 22.4. The molecule has 466 valence electrons. The van der Waals surface area contributed by atoms with Crippen LogP contribution in [-0.4, -0.2) is 130 Å². The molecule has 4 aromatic carbocycles. The molecule has 7 heterocycles. The lowest BCUT2D eigenvalue weighted by atomic mass is 9.98. The Labute approximate surface area is 538 Å². The Morgan fingerprint density at radius 1 is 0.467 bits per heavy atom. The number of aryl methyl sites for hydroxylation is 2. The molecule has 0 aliphatic carbocycles. The van der Waals surface area contributed by atoms with E-state index in [4.69, 9.17) is 19.9 Å². The standard InChI is InChI=1S/C74H86N12O2S2/c1-45-51(29-31-69(87)75-33-19-35-77-73-53-21-11-15-25-57(53)79-58-26-16-12-22-54(58)73)65-44-66-52(30-32-70(88)76-34-20-36-78-74-55-23-13-17-27-59(55)80-60-28-18-14-24-56(60)74)46(2)62(82-66)42-67-72(50(6)90-40-38-86(9)10)48(4)64(84-67)43-68-71(49(5)89-39-37-85(7)8)47(3)63(83-68)41-61(45)81-65/h11-18,21-28,41-44,49-50,83-84H,19-20,29-40H2,1-10H3,(H,75,87)(H,76,88)(H,77,79)(H,78,80). The van der Waals surface area contributed by atoms with Crippen molar-refractivity contribution in [2.75, 3.05) is 89.6 Å². The third-order valence-corrected chi connectivity index (χ3v) is 19.9. The number of nitrogens with zero attached hydrogens (tertiary/aromatic N) is 6. The van der Waals surface area contributed by atoms with Crippen LogP contribution in [-0.2, 0) is 9.59 Å². The number of pyridine rings is 2. The SMILES string of the molecule is CC1=C(CCC(=O)NCCCNc2c3ccccc3nc3ccccc23)c2cc3nc(cc4[nH]c(cc5[nH]c(cc1n2)c(C)c5C(C)SCCN(C)C)c(C)c4C(C)SCCN(C)C)C(C)=C3CCC(=O)NCCCNc1c2ccccc2nc2ccccc12. The molecule has 0 spiro atoms. The smallest absolute Gasteiger partial charge is 0.220 e. The number of benzene rings is 4. The number of thioether (sulfide) groups is 2. The third-order valence-electron chi connectivity index (χ3n) is 17.6. The van der Waals surface area contributed by atoms with Crippen LogP contribution in [0.15, 0.2) is 121 Å². The maximum Gasteiger partial charge on any atom is 0.220 e. The lowest BCUT2D eigenvalue weighted by Crippen LogP contribution is -2.25. The Kier molecular flexibility index (Phi) is 20.4. The van der Waals surface area contributed by atoms with Crippen LogP contribution in [0.2, 0.25) is 0 Å². The number of carbonyl (C=O) groups excluding carboxylic acids is 2. The number of aromatic nitrogens is 6. The molecule has 6 N–H and O–H groups in total. The quantitative estimate of drug-likeness (QED) is 0.0224. The van der Waals surface area contributed by atoms with E-state index in [0.717, 1.165) is 160 Å². The van der Waals surface area contributed by atoms with Gasteiger partial charge < -0.3 is 41.0 Å². The number of anilines is 2. The van der Waals surface area contributed by atoms with E-state index in [9.17, 15) is 9.59 Å². The lowest BCUT2D eigenvalue weighted by Gasteiger charge is -2.15. The molecule has 2 atom stereocenters. The van der Waals surface area contributed by atoms with Gasteiger partial charge in [-0.25, -0.2) is 19.9 Å². The first kappa shape index (κ1) is 63.5. The highest BCUT2D eigenvalue weighted by atomic mass is 32.2. The number of rotatable bonds is 26. The highest BCUT2D eigenvalue weighted by Gasteiger charge is 2.25. The third kappa shape index (κ3) is 14.4. The molecule has 90 heavy (non-hydrogen) atoms. The summed E-state index contributed by atoms with van der Waals surface area (Å²) in [7, 11) is 8.52. The van der Waals surface area contributed by atoms with Crippen molar-refractivity contribution < 1.29 is 9.59 Å². The highest BCUT2D eigenvalue weighted by Crippen LogP contribution is 2.42. The summed E-state index contributed by atoms with van der Waals surface area (Å²) in [6.07, 6.45) is 3.05. The van der Waals surface area contributed by atoms with Gasteiger partial charge in [0.05, 0.1) is 56.2 Å². The fraction of sp³-hybridized carbons (Fsp3) is 0.351. The maximum absolute atomic E-state index is 14.0. The van der Waals surface area contributed by atoms with E-state index in [-0.39, 0.29) is 22.3 Å². The normalized spacial score (nSPS) is 13.4. The van der Waals surface area contributed by atoms with Gasteiger partial charge in [0, 0.05) is 118 Å². The van der Waals surface area contributed by atoms with Crippen LogP contribution >= 0.6 is 23.5 Å². The Balaban J connectivity index is 0.896. The average Bonchev–Trinajstić information content (AvgIpc) is 1.37. The minimum Gasteiger partial charge on any atom is -0.384 e. The molecule has 0 fully saturated rings. The van der Waals surface area contributed by atoms with Crippen molar-refractivity contribution in [2.24, 2.45) is 0 Å². The van der Waals surface area contributed by atoms with Gasteiger partial charge in [-0.3, -0.25) is 9.59 Å². The zero-order chi connectivity index (χ0) is 63.0. The molecular weight excluding hydrogens is 1150 g/mol. The largest absolute Gasteiger partial charge is 0.384 e. The molecule has 0 saturated carbocycles. The Hall–Kier alpha value is -8.02. The Morgan fingerprint density at radius 3 is 1.23 bits per heavy atom. The van der Waals surface area contributed by atoms with E-state index < -0.39 is 0 Å². The first-order valence-corrected chi connectivity index (χ1v) is 33.9. The monoisotopic (exact) mass is 1240 g/mol. The molecule has 5 aromatic heterocycles. The van der Waals surface area contributed by atoms with Crippen LogP contribution in [0.4, 0.5) is 11.4 Å². The first-order valence-electron chi connectivity index (χ1n) is 31.8. The van der Waals surface area contributed by atoms with Crippen LogP contribution in [0.5, 0.6) is 0 Å². The molecule has 2 amide bonds. The fourth-order valence-electron chi connectivity index (χ4n) is 12.6. The van der Waals surface area contributed by atoms with Gasteiger partial charge in [-0.1, -0.05) is 72.8 Å². The first-order chi connectivity index (χ1) is 43.6. The Morgan fingerprint density at radius 2 is 0.833 bits per heavy atom. The summed E-state index contributed by atoms with van der Waals surface area (Å²) >= 11 is 3.94. The predicted molar refractivity (Wildman–Crippen MR) is 384 cm³/mol. The number of hydrogen-bond acceptors (Lipinski definition) is 12. The van der Waals surface area contributed by atoms with Crippen LogP contribution < -0.4 is 21.3 Å². The molecule has 8 bridgehead atoms. The molecule has 16 heteroatoms. The number of aromatic amines is 2. The number of para-hydroxylation sites is 4. The number of fused-ring (bicyclic) bond motifs is 12. The second kappa shape index (κ2) is 28.9. The van der Waals surface area contributed by atoms with Crippen LogP contribution in [0, 0.1) is 13.8 Å². The average molecular weight is 1240 g/mol. The molecule has 2 aliphatic heterocycles. The van der Waals surface area contributed by atoms with Crippen molar-refractivity contribution >= 4 is 135 Å². The van der Waals surface area contributed by atoms with E-state index >= 15 is 0 Å². The molecular formula is C74H86N12O2S2. The van der Waals surface area contributed by atoms with Crippen molar-refractivity contribution in [1.82, 2.24) is 50.3 Å². The maximum atomic E-state index is 14.0. The van der Waals surface area contributed by atoms with Gasteiger partial charge in [0.15, 0.2) is 0 Å². The van der Waals surface area contributed by atoms with Gasteiger partial charge in [0.1, 0.15) is 0 Å². The number of allylic oxidation sites excluding steroid dienone is 4. The van der Waals surface area contributed by atoms with E-state index in [1.807, 2.05) is 96.3 Å². The number of carbonyl (C=O) groups is 2. The summed E-state index contributed by atoms with van der Waals surface area (Å²) in [6.45, 7) is 17.8. The van der Waals surface area contributed by atoms with E-state index in [2.05, 4.69) is 159 Å². The molecule has 9 aromatic rings. The van der Waals surface area contributed by atoms with E-state index in [1.165, 1.54) is 22.3 Å². The topological polar surface area (TPSA) is 172 Å². The van der Waals surface area contributed by atoms with Gasteiger partial charge in [-0.2, -0.15) is 23.5 Å². The molecule has 14 nitrogen and oxygen atoms in total. The molecule has 11 rings (SSSR count). The van der Waals surface area contributed by atoms with Crippen molar-refractivity contribution in [3.8, 4) is 0 Å². The minimum absolute atomic E-state index is 0.0115. The van der Waals surface area contributed by atoms with Gasteiger partial charge in [0.25, 0.3) is 0 Å². The summed E-state index contributed by atoms with van der Waals surface area (Å²) in [5.74, 6) is 1.97. The van der Waals surface area contributed by atoms with E-state index in [1.54, 1.807) is 0 Å². The van der Waals surface area contributed by atoms with Gasteiger partial charge in [-0.15, -0.1) is 0 Å². The zero-order valence-corrected chi connectivity index (χ0v) is 55.6. The summed E-state index contributed by atoms with van der Waals surface area (Å²) in [5, 5.41) is 18.6. The number of H-pyrrole nitrogens is 2. The zero-order valence-electron chi connectivity index (χ0n) is 53.9. The molecule has 0 saturated heterocycles. The van der Waals surface area contributed by atoms with Gasteiger partial charge >= 0.3 is 0 Å². The Bertz CT molecular complexity index is 4280. The van der Waals surface area contributed by atoms with Crippen LogP contribution in [0.3, 0.4) is 0 Å². The van der Waals surface area contributed by atoms with Crippen LogP contribution in [0.1, 0.15) is 122 Å². The number of hydrogen-bond donors (Lipinski definition) is 6. The van der Waals surface area contributed by atoms with Gasteiger partial charge in [0.2, 0.25) is 11.8 Å². The van der Waals surface area contributed by atoms with Crippen molar-refractivity contribution in [3.63, 3.8) is 0 Å². The van der Waals surface area contributed by atoms with Crippen molar-refractivity contribution in [2.45, 2.75) is 90.6 Å². The molecule has 2 unspecified atom stereocenters. The summed E-state index contributed by atoms with van der Waals surface area (Å²) < 4.78 is 0. The molecule has 2 aliphatic rings. The van der Waals surface area contributed by atoms with Crippen LogP contribution in [0.25, 0.3) is 88.0 Å². The predicted octanol–water partition coefficient (Wildman–Crippen LogP) is 15.7. The number of amides is 2. The lowest BCUT2D eigenvalue weighted by molar-refractivity contribution is -0.121. The number of nitrogens with one attached hydrogen (secondary N) is 6. The summed E-state index contributed by atoms with van der Waals surface area (Å²) in [6, 6.07) is 41.7. The van der Waals surface area contributed by atoms with Gasteiger partial charge in [-0.05, 0) is 188 Å². The highest BCUT2D eigenvalue weighted by molar-refractivity contribution is 7.99. The fourth-order valence-corrected chi connectivity index (χ4v) is 15.2. The van der Waals surface area contributed by atoms with E-state index in [0.29, 0.717) is 51.9 Å². The second-order valence-electron chi connectivity index (χ2n) is 24.5. The van der Waals surface area contributed by atoms with Crippen molar-refractivity contribution in [3.05, 3.63) is 166 Å². The second-order valence-corrected chi connectivity index (χ2v) is 27.4. The summed E-state index contributed by atoms with van der Waals surface area (Å²) in [4.78, 5) is 61.0. The van der Waals surface area contributed by atoms with Crippen molar-refractivity contribution in [1.29, 1.82) is 0 Å².